The first kappa shape index (κ1) is 13.9. The fourth-order valence-corrected chi connectivity index (χ4v) is 3.27. The topological polar surface area (TPSA) is 12.5 Å². The lowest BCUT2D eigenvalue weighted by molar-refractivity contribution is 0.267. The number of halogens is 1. The highest BCUT2D eigenvalue weighted by atomic mass is 79.9. The first-order valence-corrected chi connectivity index (χ1v) is 7.49. The van der Waals surface area contributed by atoms with Gasteiger partial charge < -0.3 is 9.64 Å². The Morgan fingerprint density at radius 3 is 2.72 bits per heavy atom. The molecule has 1 aromatic carbocycles. The van der Waals surface area contributed by atoms with Crippen LogP contribution in [0.15, 0.2) is 22.7 Å². The van der Waals surface area contributed by atoms with E-state index in [9.17, 15) is 0 Å². The molecule has 0 radical (unpaired) electrons. The van der Waals surface area contributed by atoms with E-state index in [-0.39, 0.29) is 0 Å². The zero-order valence-corrected chi connectivity index (χ0v) is 12.9. The third-order valence-corrected chi connectivity index (χ3v) is 4.22. The Balaban J connectivity index is 1.96. The maximum Gasteiger partial charge on any atom is 0.123 e. The zero-order chi connectivity index (χ0) is 13.0. The van der Waals surface area contributed by atoms with Crippen molar-refractivity contribution in [2.45, 2.75) is 32.2 Å². The van der Waals surface area contributed by atoms with Crippen LogP contribution in [-0.2, 0) is 6.54 Å². The molecule has 0 aliphatic heterocycles. The van der Waals surface area contributed by atoms with Gasteiger partial charge in [0.25, 0.3) is 0 Å². The molecular weight excluding hydrogens is 290 g/mol. The van der Waals surface area contributed by atoms with Crippen LogP contribution < -0.4 is 4.74 Å². The Morgan fingerprint density at radius 2 is 2.06 bits per heavy atom. The molecular formula is C15H22BrNO. The lowest BCUT2D eigenvalue weighted by Gasteiger charge is -2.22. The van der Waals surface area contributed by atoms with Crippen molar-refractivity contribution in [2.75, 3.05) is 20.7 Å². The predicted molar refractivity (Wildman–Crippen MR) is 79.0 cm³/mol. The van der Waals surface area contributed by atoms with Gasteiger partial charge in [0, 0.05) is 23.1 Å². The van der Waals surface area contributed by atoms with Gasteiger partial charge in [-0.15, -0.1) is 0 Å². The number of rotatable bonds is 5. The highest BCUT2D eigenvalue weighted by Crippen LogP contribution is 2.27. The molecule has 1 fully saturated rings. The summed E-state index contributed by atoms with van der Waals surface area (Å²) in [5.41, 5.74) is 1.26. The lowest BCUT2D eigenvalue weighted by atomic mass is 10.1. The average molecular weight is 312 g/mol. The van der Waals surface area contributed by atoms with Crippen molar-refractivity contribution in [3.05, 3.63) is 28.2 Å². The Kier molecular flexibility index (Phi) is 5.07. The van der Waals surface area contributed by atoms with E-state index in [1.807, 2.05) is 12.1 Å². The summed E-state index contributed by atoms with van der Waals surface area (Å²) in [5.74, 6) is 1.88. The molecule has 0 aromatic heterocycles. The first-order chi connectivity index (χ1) is 8.69. The largest absolute Gasteiger partial charge is 0.496 e. The Morgan fingerprint density at radius 1 is 1.33 bits per heavy atom. The van der Waals surface area contributed by atoms with Gasteiger partial charge in [-0.3, -0.25) is 0 Å². The zero-order valence-electron chi connectivity index (χ0n) is 11.3. The quantitative estimate of drug-likeness (QED) is 0.812. The summed E-state index contributed by atoms with van der Waals surface area (Å²) in [6.45, 7) is 2.16. The van der Waals surface area contributed by atoms with E-state index in [2.05, 4.69) is 33.9 Å². The molecule has 18 heavy (non-hydrogen) atoms. The standard InChI is InChI=1S/C15H22BrNO/c1-17(10-12-5-3-4-6-12)11-13-9-14(16)7-8-15(13)18-2/h7-9,12H,3-6,10-11H2,1-2H3. The van der Waals surface area contributed by atoms with E-state index in [4.69, 9.17) is 4.74 Å². The summed E-state index contributed by atoms with van der Waals surface area (Å²) in [4.78, 5) is 2.42. The van der Waals surface area contributed by atoms with Crippen LogP contribution in [0.25, 0.3) is 0 Å². The van der Waals surface area contributed by atoms with Crippen LogP contribution in [0.3, 0.4) is 0 Å². The predicted octanol–water partition coefficient (Wildman–Crippen LogP) is 4.08. The van der Waals surface area contributed by atoms with Crippen molar-refractivity contribution in [3.63, 3.8) is 0 Å². The van der Waals surface area contributed by atoms with Crippen molar-refractivity contribution in [1.29, 1.82) is 0 Å². The van der Waals surface area contributed by atoms with Crippen molar-refractivity contribution >= 4 is 15.9 Å². The third-order valence-electron chi connectivity index (χ3n) is 3.73. The third kappa shape index (κ3) is 3.72. The summed E-state index contributed by atoms with van der Waals surface area (Å²) in [6, 6.07) is 6.21. The Hall–Kier alpha value is -0.540. The molecule has 0 N–H and O–H groups in total. The van der Waals surface area contributed by atoms with Gasteiger partial charge >= 0.3 is 0 Å². The Labute approximate surface area is 118 Å². The number of hydrogen-bond acceptors (Lipinski definition) is 2. The number of nitrogens with zero attached hydrogens (tertiary/aromatic N) is 1. The lowest BCUT2D eigenvalue weighted by Crippen LogP contribution is -2.24. The van der Waals surface area contributed by atoms with Crippen molar-refractivity contribution in [2.24, 2.45) is 5.92 Å². The molecule has 0 heterocycles. The molecule has 0 spiro atoms. The molecule has 0 bridgehead atoms. The van der Waals surface area contributed by atoms with Crippen LogP contribution in [0.4, 0.5) is 0 Å². The Bertz CT molecular complexity index is 388. The SMILES string of the molecule is COc1ccc(Br)cc1CN(C)CC1CCCC1. The normalized spacial score (nSPS) is 16.4. The molecule has 3 heteroatoms. The van der Waals surface area contributed by atoms with Crippen LogP contribution >= 0.6 is 15.9 Å². The van der Waals surface area contributed by atoms with Gasteiger partial charge in [-0.1, -0.05) is 28.8 Å². The second kappa shape index (κ2) is 6.58. The number of benzene rings is 1. The average Bonchev–Trinajstić information content (AvgIpc) is 2.82. The second-order valence-electron chi connectivity index (χ2n) is 5.30. The molecule has 1 aromatic rings. The summed E-state index contributed by atoms with van der Waals surface area (Å²) in [6.07, 6.45) is 5.64. The van der Waals surface area contributed by atoms with Gasteiger partial charge in [-0.05, 0) is 44.0 Å². The molecule has 0 amide bonds. The van der Waals surface area contributed by atoms with Crippen LogP contribution in [0.2, 0.25) is 0 Å². The number of hydrogen-bond donors (Lipinski definition) is 0. The van der Waals surface area contributed by atoms with Gasteiger partial charge in [0.05, 0.1) is 7.11 Å². The van der Waals surface area contributed by atoms with Gasteiger partial charge in [-0.2, -0.15) is 0 Å². The molecule has 100 valence electrons. The molecule has 0 atom stereocenters. The molecule has 1 aliphatic carbocycles. The smallest absolute Gasteiger partial charge is 0.123 e. The molecule has 2 nitrogen and oxygen atoms in total. The van der Waals surface area contributed by atoms with Crippen LogP contribution in [0.5, 0.6) is 5.75 Å². The van der Waals surface area contributed by atoms with Crippen molar-refractivity contribution in [1.82, 2.24) is 4.90 Å². The molecule has 1 aliphatic rings. The van der Waals surface area contributed by atoms with Gasteiger partial charge in [0.1, 0.15) is 5.75 Å². The van der Waals surface area contributed by atoms with E-state index in [1.54, 1.807) is 7.11 Å². The summed E-state index contributed by atoms with van der Waals surface area (Å²) < 4.78 is 6.54. The first-order valence-electron chi connectivity index (χ1n) is 6.70. The molecule has 0 saturated heterocycles. The number of methoxy groups -OCH3 is 1. The summed E-state index contributed by atoms with van der Waals surface area (Å²) in [7, 11) is 3.95. The minimum Gasteiger partial charge on any atom is -0.496 e. The van der Waals surface area contributed by atoms with Gasteiger partial charge in [0.2, 0.25) is 0 Å². The maximum atomic E-state index is 5.42. The highest BCUT2D eigenvalue weighted by Gasteiger charge is 2.17. The monoisotopic (exact) mass is 311 g/mol. The molecule has 1 saturated carbocycles. The highest BCUT2D eigenvalue weighted by molar-refractivity contribution is 9.10. The van der Waals surface area contributed by atoms with Crippen LogP contribution in [-0.4, -0.2) is 25.6 Å². The van der Waals surface area contributed by atoms with Crippen molar-refractivity contribution < 1.29 is 4.74 Å². The van der Waals surface area contributed by atoms with Crippen LogP contribution in [0.1, 0.15) is 31.2 Å². The fourth-order valence-electron chi connectivity index (χ4n) is 2.86. The van der Waals surface area contributed by atoms with E-state index in [0.717, 1.165) is 22.7 Å². The summed E-state index contributed by atoms with van der Waals surface area (Å²) in [5, 5.41) is 0. The molecule has 2 rings (SSSR count). The van der Waals surface area contributed by atoms with Gasteiger partial charge in [0.15, 0.2) is 0 Å². The van der Waals surface area contributed by atoms with Crippen LogP contribution in [0, 0.1) is 5.92 Å². The van der Waals surface area contributed by atoms with E-state index in [1.165, 1.54) is 37.8 Å². The van der Waals surface area contributed by atoms with E-state index in [0.29, 0.717) is 0 Å². The molecule has 0 unspecified atom stereocenters. The van der Waals surface area contributed by atoms with Crippen molar-refractivity contribution in [3.8, 4) is 5.75 Å². The minimum absolute atomic E-state index is 0.896. The second-order valence-corrected chi connectivity index (χ2v) is 6.22. The fraction of sp³-hybridized carbons (Fsp3) is 0.600. The minimum atomic E-state index is 0.896. The van der Waals surface area contributed by atoms with Gasteiger partial charge in [-0.25, -0.2) is 0 Å². The number of ether oxygens (including phenoxy) is 1. The maximum absolute atomic E-state index is 5.42. The van der Waals surface area contributed by atoms with E-state index >= 15 is 0 Å². The van der Waals surface area contributed by atoms with E-state index < -0.39 is 0 Å². The summed E-state index contributed by atoms with van der Waals surface area (Å²) >= 11 is 3.53.